The van der Waals surface area contributed by atoms with Gasteiger partial charge in [-0.15, -0.1) is 0 Å². The van der Waals surface area contributed by atoms with Crippen LogP contribution in [0.2, 0.25) is 0 Å². The number of aliphatic carboxylic acids is 1. The van der Waals surface area contributed by atoms with Crippen LogP contribution in [0.1, 0.15) is 5.56 Å². The van der Waals surface area contributed by atoms with Crippen LogP contribution in [0, 0.1) is 0 Å². The predicted octanol–water partition coefficient (Wildman–Crippen LogP) is -1.13. The first-order valence-corrected chi connectivity index (χ1v) is 8.36. The molecule has 0 aliphatic rings. The Kier molecular flexibility index (Phi) is 3.37. The summed E-state index contributed by atoms with van der Waals surface area (Å²) in [7, 11) is 0. The van der Waals surface area contributed by atoms with Crippen LogP contribution in [0.4, 0.5) is 0 Å². The van der Waals surface area contributed by atoms with E-state index in [0.29, 0.717) is 5.56 Å². The van der Waals surface area contributed by atoms with Crippen LogP contribution in [0.5, 0.6) is 0 Å². The SMILES string of the molecule is O=C(O)Cc1ccc[c]([Sb](=[O])([OH])[OH])c1. The van der Waals surface area contributed by atoms with Crippen LogP contribution in [0.3, 0.4) is 0 Å². The van der Waals surface area contributed by atoms with Gasteiger partial charge in [0.1, 0.15) is 0 Å². The Balaban J connectivity index is 3.02. The van der Waals surface area contributed by atoms with E-state index in [1.807, 2.05) is 0 Å². The molecule has 1 aromatic rings. The van der Waals surface area contributed by atoms with Crippen LogP contribution >= 0.6 is 0 Å². The predicted molar refractivity (Wildman–Crippen MR) is 48.3 cm³/mol. The van der Waals surface area contributed by atoms with E-state index in [0.717, 1.165) is 0 Å². The second-order valence-electron chi connectivity index (χ2n) is 2.78. The van der Waals surface area contributed by atoms with Gasteiger partial charge in [-0.05, 0) is 0 Å². The molecule has 0 unspecified atom stereocenters. The summed E-state index contributed by atoms with van der Waals surface area (Å²) in [5, 5.41) is 8.47. The molecule has 0 amide bonds. The van der Waals surface area contributed by atoms with E-state index in [2.05, 4.69) is 0 Å². The first-order chi connectivity index (χ1) is 6.39. The van der Waals surface area contributed by atoms with Crippen molar-refractivity contribution in [2.24, 2.45) is 0 Å². The van der Waals surface area contributed by atoms with Crippen molar-refractivity contribution in [3.05, 3.63) is 29.8 Å². The van der Waals surface area contributed by atoms with E-state index in [1.165, 1.54) is 24.3 Å². The molecular formula is C8H9O5Sb. The zero-order valence-electron chi connectivity index (χ0n) is 7.12. The summed E-state index contributed by atoms with van der Waals surface area (Å²) in [6.45, 7) is 0. The zero-order valence-corrected chi connectivity index (χ0v) is 9.67. The fraction of sp³-hybridized carbons (Fsp3) is 0.125. The maximum atomic E-state index is 10.9. The molecule has 1 rings (SSSR count). The van der Waals surface area contributed by atoms with E-state index in [-0.39, 0.29) is 9.93 Å². The third-order valence-corrected chi connectivity index (χ3v) is 4.32. The number of carboxylic acid groups (broad SMARTS) is 1. The molecule has 3 N–H and O–H groups in total. The van der Waals surface area contributed by atoms with E-state index >= 15 is 0 Å². The molecule has 0 saturated heterocycles. The van der Waals surface area contributed by atoms with Crippen molar-refractivity contribution < 1.29 is 19.7 Å². The van der Waals surface area contributed by atoms with Gasteiger partial charge in [0.15, 0.2) is 0 Å². The Hall–Kier alpha value is -0.772. The fourth-order valence-corrected chi connectivity index (χ4v) is 2.78. The summed E-state index contributed by atoms with van der Waals surface area (Å²) in [5.74, 6) is -1.02. The minimum absolute atomic E-state index is 0.0674. The topological polar surface area (TPSA) is 94.8 Å². The molecular weight excluding hydrogens is 298 g/mol. The van der Waals surface area contributed by atoms with Gasteiger partial charge in [-0.3, -0.25) is 0 Å². The molecule has 0 aliphatic carbocycles. The van der Waals surface area contributed by atoms with Gasteiger partial charge in [0.25, 0.3) is 0 Å². The summed E-state index contributed by atoms with van der Waals surface area (Å²) in [4.78, 5) is 10.3. The van der Waals surface area contributed by atoms with Crippen molar-refractivity contribution >= 4 is 29.1 Å². The number of hydrogen-bond donors (Lipinski definition) is 3. The summed E-state index contributed by atoms with van der Waals surface area (Å²) in [5.41, 5.74) is 0.396. The van der Waals surface area contributed by atoms with Crippen LogP contribution in [-0.4, -0.2) is 37.5 Å². The third kappa shape index (κ3) is 3.18. The van der Waals surface area contributed by atoms with Crippen molar-refractivity contribution in [3.8, 4) is 0 Å². The molecule has 6 heteroatoms. The molecule has 0 spiro atoms. The molecule has 0 aliphatic heterocycles. The molecule has 1 aromatic carbocycles. The molecule has 0 aromatic heterocycles. The number of rotatable bonds is 3. The Labute approximate surface area is 85.1 Å². The summed E-state index contributed by atoms with van der Waals surface area (Å²) in [6.07, 6.45) is -0.228. The van der Waals surface area contributed by atoms with Crippen LogP contribution in [-0.2, 0) is 14.2 Å². The number of carboxylic acids is 1. The second-order valence-corrected chi connectivity index (χ2v) is 7.36. The van der Waals surface area contributed by atoms with Crippen molar-refractivity contribution in [3.63, 3.8) is 0 Å². The van der Waals surface area contributed by atoms with E-state index in [9.17, 15) is 7.81 Å². The molecule has 14 heavy (non-hydrogen) atoms. The molecule has 5 nitrogen and oxygen atoms in total. The molecule has 76 valence electrons. The van der Waals surface area contributed by atoms with Crippen molar-refractivity contribution in [1.29, 1.82) is 0 Å². The third-order valence-electron chi connectivity index (χ3n) is 1.60. The van der Waals surface area contributed by atoms with Gasteiger partial charge in [0.2, 0.25) is 0 Å². The molecule has 0 saturated carbocycles. The molecule has 0 heterocycles. The maximum absolute atomic E-state index is 10.9. The van der Waals surface area contributed by atoms with E-state index in [1.54, 1.807) is 0 Å². The van der Waals surface area contributed by atoms with Gasteiger partial charge in [0, 0.05) is 0 Å². The van der Waals surface area contributed by atoms with Crippen LogP contribution < -0.4 is 3.51 Å². The van der Waals surface area contributed by atoms with Gasteiger partial charge < -0.3 is 0 Å². The van der Waals surface area contributed by atoms with Gasteiger partial charge in [-0.2, -0.15) is 0 Å². The number of carbonyl (C=O) groups is 1. The molecule has 0 fully saturated rings. The monoisotopic (exact) mass is 306 g/mol. The quantitative estimate of drug-likeness (QED) is 0.615. The molecule has 0 radical (unpaired) electrons. The van der Waals surface area contributed by atoms with Crippen LogP contribution in [0.25, 0.3) is 0 Å². The summed E-state index contributed by atoms with van der Waals surface area (Å²) in [6, 6.07) is 5.52. The Morgan fingerprint density at radius 3 is 2.50 bits per heavy atom. The average Bonchev–Trinajstić information content (AvgIpc) is 2.01. The molecule has 0 bridgehead atoms. The summed E-state index contributed by atoms with van der Waals surface area (Å²) >= 11 is -5.17. The Morgan fingerprint density at radius 2 is 2.00 bits per heavy atom. The number of benzene rings is 1. The van der Waals surface area contributed by atoms with Crippen molar-refractivity contribution in [2.45, 2.75) is 6.42 Å². The van der Waals surface area contributed by atoms with Crippen LogP contribution in [0.15, 0.2) is 24.3 Å². The summed E-state index contributed by atoms with van der Waals surface area (Å²) < 4.78 is 28.6. The average molecular weight is 307 g/mol. The van der Waals surface area contributed by atoms with Gasteiger partial charge in [-0.25, -0.2) is 0 Å². The van der Waals surface area contributed by atoms with Crippen molar-refractivity contribution in [1.82, 2.24) is 0 Å². The van der Waals surface area contributed by atoms with Gasteiger partial charge >= 0.3 is 85.1 Å². The van der Waals surface area contributed by atoms with E-state index < -0.39 is 25.6 Å². The number of hydrogen-bond acceptors (Lipinski definition) is 2. The van der Waals surface area contributed by atoms with E-state index in [4.69, 9.17) is 11.9 Å². The molecule has 0 atom stereocenters. The minimum atomic E-state index is -5.17. The normalized spacial score (nSPS) is 11.3. The fourth-order valence-electron chi connectivity index (χ4n) is 1.02. The van der Waals surface area contributed by atoms with Crippen molar-refractivity contribution in [2.75, 3.05) is 0 Å². The standard InChI is InChI=1S/C8H7O2.2H2O.O.Sb/c9-8(10)6-7-4-2-1-3-5-7;;;;/h1-2,4-5H,6H2,(H,9,10);2*1H2;;/q;;;;+2/p-2. The van der Waals surface area contributed by atoms with Gasteiger partial charge in [0.05, 0.1) is 0 Å². The first kappa shape index (κ1) is 11.3. The first-order valence-electron chi connectivity index (χ1n) is 3.76. The Morgan fingerprint density at radius 1 is 1.36 bits per heavy atom. The van der Waals surface area contributed by atoms with Gasteiger partial charge in [-0.1, -0.05) is 0 Å². The Bertz CT molecular complexity index is 394. The zero-order chi connectivity index (χ0) is 10.8. The second kappa shape index (κ2) is 4.17.